The molecule has 0 aliphatic rings. The molecule has 0 aliphatic carbocycles. The van der Waals surface area contributed by atoms with E-state index in [4.69, 9.17) is 5.11 Å². The Balaban J connectivity index is 3.14. The number of nitrogens with one attached hydrogen (secondary N) is 2. The van der Waals surface area contributed by atoms with Crippen molar-refractivity contribution in [2.75, 3.05) is 12.4 Å². The van der Waals surface area contributed by atoms with Crippen molar-refractivity contribution in [3.63, 3.8) is 0 Å². The summed E-state index contributed by atoms with van der Waals surface area (Å²) in [4.78, 5) is 33.0. The third-order valence-corrected chi connectivity index (χ3v) is 2.89. The summed E-state index contributed by atoms with van der Waals surface area (Å²) in [7, 11) is 1.42. The molecular weight excluding hydrogens is 278 g/mol. The first-order chi connectivity index (χ1) is 9.90. The first kappa shape index (κ1) is 16.4. The van der Waals surface area contributed by atoms with Gasteiger partial charge in [0, 0.05) is 18.7 Å². The Hall–Kier alpha value is -2.64. The van der Waals surface area contributed by atoms with Crippen molar-refractivity contribution in [2.24, 2.45) is 0 Å². The van der Waals surface area contributed by atoms with Crippen LogP contribution in [0.25, 0.3) is 0 Å². The highest BCUT2D eigenvalue weighted by Crippen LogP contribution is 2.27. The van der Waals surface area contributed by atoms with Gasteiger partial charge in [0.2, 0.25) is 0 Å². The molecule has 0 heterocycles. The van der Waals surface area contributed by atoms with Gasteiger partial charge in [-0.3, -0.25) is 14.9 Å². The molecule has 0 saturated heterocycles. The maximum absolute atomic E-state index is 11.5. The van der Waals surface area contributed by atoms with Crippen molar-refractivity contribution in [1.29, 1.82) is 0 Å². The van der Waals surface area contributed by atoms with Crippen molar-refractivity contribution in [2.45, 2.75) is 25.8 Å². The monoisotopic (exact) mass is 295 g/mol. The van der Waals surface area contributed by atoms with E-state index >= 15 is 0 Å². The molecule has 0 aliphatic heterocycles. The second kappa shape index (κ2) is 7.22. The zero-order valence-corrected chi connectivity index (χ0v) is 11.8. The van der Waals surface area contributed by atoms with Crippen LogP contribution in [0, 0.1) is 10.1 Å². The van der Waals surface area contributed by atoms with Gasteiger partial charge in [-0.2, -0.15) is 0 Å². The summed E-state index contributed by atoms with van der Waals surface area (Å²) in [6.45, 7) is 1.82. The number of nitro benzene ring substituents is 1. The van der Waals surface area contributed by atoms with E-state index in [2.05, 4.69) is 10.6 Å². The largest absolute Gasteiger partial charge is 0.480 e. The van der Waals surface area contributed by atoms with Gasteiger partial charge in [-0.1, -0.05) is 13.3 Å². The highest BCUT2D eigenvalue weighted by atomic mass is 16.6. The van der Waals surface area contributed by atoms with Gasteiger partial charge < -0.3 is 15.7 Å². The maximum atomic E-state index is 11.5. The van der Waals surface area contributed by atoms with Gasteiger partial charge in [-0.25, -0.2) is 4.79 Å². The number of aliphatic carboxylic acids is 1. The molecule has 0 aromatic heterocycles. The third-order valence-electron chi connectivity index (χ3n) is 2.89. The lowest BCUT2D eigenvalue weighted by molar-refractivity contribution is -0.384. The Morgan fingerprint density at radius 2 is 2.10 bits per heavy atom. The standard InChI is InChI=1S/C13H17N3O5/c1-3-4-10(13(18)19)15-9-6-5-8(12(17)14-2)7-11(9)16(20)21/h5-7,10,15H,3-4H2,1-2H3,(H,14,17)(H,18,19). The third kappa shape index (κ3) is 4.16. The summed E-state index contributed by atoms with van der Waals surface area (Å²) in [5.74, 6) is -1.53. The highest BCUT2D eigenvalue weighted by molar-refractivity contribution is 5.95. The van der Waals surface area contributed by atoms with Crippen LogP contribution in [0.3, 0.4) is 0 Å². The van der Waals surface area contributed by atoms with Crippen LogP contribution in [0.5, 0.6) is 0 Å². The number of carboxylic acids is 1. The molecule has 21 heavy (non-hydrogen) atoms. The molecule has 0 saturated carbocycles. The predicted octanol–water partition coefficient (Wildman–Crippen LogP) is 1.62. The van der Waals surface area contributed by atoms with Gasteiger partial charge in [0.15, 0.2) is 0 Å². The van der Waals surface area contributed by atoms with E-state index in [0.29, 0.717) is 12.8 Å². The first-order valence-corrected chi connectivity index (χ1v) is 6.40. The number of anilines is 1. The Labute approximate surface area is 121 Å². The molecule has 1 atom stereocenters. The quantitative estimate of drug-likeness (QED) is 0.519. The minimum absolute atomic E-state index is 0.0773. The van der Waals surface area contributed by atoms with E-state index in [1.165, 1.54) is 19.2 Å². The Morgan fingerprint density at radius 1 is 1.43 bits per heavy atom. The number of carboxylic acid groups (broad SMARTS) is 1. The number of hydrogen-bond donors (Lipinski definition) is 3. The first-order valence-electron chi connectivity index (χ1n) is 6.40. The zero-order chi connectivity index (χ0) is 16.0. The summed E-state index contributed by atoms with van der Waals surface area (Å²) in [6, 6.07) is 2.94. The van der Waals surface area contributed by atoms with E-state index in [1.54, 1.807) is 0 Å². The van der Waals surface area contributed by atoms with Gasteiger partial charge in [-0.05, 0) is 18.6 Å². The van der Waals surface area contributed by atoms with Crippen molar-refractivity contribution in [1.82, 2.24) is 5.32 Å². The van der Waals surface area contributed by atoms with E-state index < -0.39 is 22.8 Å². The zero-order valence-electron chi connectivity index (χ0n) is 11.8. The number of benzene rings is 1. The molecule has 1 aromatic rings. The summed E-state index contributed by atoms with van der Waals surface area (Å²) in [5, 5.41) is 25.2. The number of nitro groups is 1. The minimum atomic E-state index is -1.08. The van der Waals surface area contributed by atoms with Gasteiger partial charge in [0.1, 0.15) is 11.7 Å². The van der Waals surface area contributed by atoms with Crippen LogP contribution in [0.4, 0.5) is 11.4 Å². The van der Waals surface area contributed by atoms with Crippen molar-refractivity contribution in [3.05, 3.63) is 33.9 Å². The van der Waals surface area contributed by atoms with Gasteiger partial charge in [0.05, 0.1) is 4.92 Å². The minimum Gasteiger partial charge on any atom is -0.480 e. The van der Waals surface area contributed by atoms with E-state index in [0.717, 1.165) is 6.07 Å². The SMILES string of the molecule is CCCC(Nc1ccc(C(=O)NC)cc1[N+](=O)[O-])C(=O)O. The number of amides is 1. The summed E-state index contributed by atoms with van der Waals surface area (Å²) < 4.78 is 0. The van der Waals surface area contributed by atoms with Crippen molar-refractivity contribution < 1.29 is 19.6 Å². The molecule has 1 aromatic carbocycles. The second-order valence-corrected chi connectivity index (χ2v) is 4.39. The average molecular weight is 295 g/mol. The summed E-state index contributed by atoms with van der Waals surface area (Å²) in [6.07, 6.45) is 0.956. The van der Waals surface area contributed by atoms with Crippen molar-refractivity contribution >= 4 is 23.3 Å². The molecule has 0 radical (unpaired) electrons. The Bertz CT molecular complexity index is 559. The van der Waals surface area contributed by atoms with Crippen LogP contribution in [0.15, 0.2) is 18.2 Å². The molecule has 1 amide bonds. The van der Waals surface area contributed by atoms with E-state index in [-0.39, 0.29) is 16.9 Å². The summed E-state index contributed by atoms with van der Waals surface area (Å²) >= 11 is 0. The normalized spacial score (nSPS) is 11.5. The number of carbonyl (C=O) groups is 2. The fraction of sp³-hybridized carbons (Fsp3) is 0.385. The van der Waals surface area contributed by atoms with Crippen LogP contribution in [-0.2, 0) is 4.79 Å². The molecular formula is C13H17N3O5. The van der Waals surface area contributed by atoms with E-state index in [1.807, 2.05) is 6.92 Å². The number of rotatable bonds is 7. The lowest BCUT2D eigenvalue weighted by Crippen LogP contribution is -2.29. The smallest absolute Gasteiger partial charge is 0.326 e. The Morgan fingerprint density at radius 3 is 2.57 bits per heavy atom. The van der Waals surface area contributed by atoms with Crippen LogP contribution in [-0.4, -0.2) is 35.0 Å². The molecule has 3 N–H and O–H groups in total. The molecule has 0 bridgehead atoms. The average Bonchev–Trinajstić information content (AvgIpc) is 2.45. The van der Waals surface area contributed by atoms with Crippen molar-refractivity contribution in [3.8, 4) is 0 Å². The van der Waals surface area contributed by atoms with Gasteiger partial charge in [0.25, 0.3) is 11.6 Å². The van der Waals surface area contributed by atoms with Crippen LogP contribution in [0.2, 0.25) is 0 Å². The number of hydrogen-bond acceptors (Lipinski definition) is 5. The molecule has 1 unspecified atom stereocenters. The summed E-state index contributed by atoms with van der Waals surface area (Å²) in [5.41, 5.74) is -0.121. The fourth-order valence-corrected chi connectivity index (χ4v) is 1.82. The maximum Gasteiger partial charge on any atom is 0.326 e. The topological polar surface area (TPSA) is 122 Å². The lowest BCUT2D eigenvalue weighted by atomic mass is 10.1. The van der Waals surface area contributed by atoms with Gasteiger partial charge in [-0.15, -0.1) is 0 Å². The molecule has 8 heteroatoms. The molecule has 1 rings (SSSR count). The van der Waals surface area contributed by atoms with Crippen LogP contribution in [0.1, 0.15) is 30.1 Å². The Kier molecular flexibility index (Phi) is 5.65. The highest BCUT2D eigenvalue weighted by Gasteiger charge is 2.22. The molecule has 114 valence electrons. The second-order valence-electron chi connectivity index (χ2n) is 4.39. The predicted molar refractivity (Wildman–Crippen MR) is 76.4 cm³/mol. The fourth-order valence-electron chi connectivity index (χ4n) is 1.82. The molecule has 8 nitrogen and oxygen atoms in total. The molecule has 0 fully saturated rings. The van der Waals surface area contributed by atoms with Crippen LogP contribution >= 0.6 is 0 Å². The van der Waals surface area contributed by atoms with E-state index in [9.17, 15) is 19.7 Å². The number of nitrogens with zero attached hydrogens (tertiary/aromatic N) is 1. The van der Waals surface area contributed by atoms with Crippen LogP contribution < -0.4 is 10.6 Å². The number of carbonyl (C=O) groups excluding carboxylic acids is 1. The lowest BCUT2D eigenvalue weighted by Gasteiger charge is -2.15. The van der Waals surface area contributed by atoms with Gasteiger partial charge >= 0.3 is 5.97 Å². The molecule has 0 spiro atoms.